The zero-order chi connectivity index (χ0) is 39.4. The number of carbonyl (C=O) groups excluding carboxylic acids is 4. The van der Waals surface area contributed by atoms with E-state index in [1.165, 1.54) is 18.4 Å². The molecule has 2 saturated heterocycles. The van der Waals surface area contributed by atoms with Crippen molar-refractivity contribution in [2.75, 3.05) is 19.7 Å². The van der Waals surface area contributed by atoms with E-state index in [2.05, 4.69) is 53.3 Å². The van der Waals surface area contributed by atoms with Crippen LogP contribution in [0.5, 0.6) is 5.75 Å². The van der Waals surface area contributed by atoms with E-state index in [0.29, 0.717) is 55.6 Å². The van der Waals surface area contributed by atoms with Crippen molar-refractivity contribution in [3.05, 3.63) is 85.6 Å². The molecule has 0 radical (unpaired) electrons. The Morgan fingerprint density at radius 2 is 1.67 bits per heavy atom. The number of rotatable bonds is 4. The van der Waals surface area contributed by atoms with Crippen molar-refractivity contribution in [3.63, 3.8) is 0 Å². The number of likely N-dealkylation sites (tertiary alicyclic amines) is 1. The molecule has 4 aliphatic heterocycles. The van der Waals surface area contributed by atoms with Gasteiger partial charge in [-0.3, -0.25) is 33.7 Å². The van der Waals surface area contributed by atoms with E-state index in [4.69, 9.17) is 9.72 Å². The molecule has 3 aromatic carbocycles. The lowest BCUT2D eigenvalue weighted by Crippen LogP contribution is -2.52. The second-order valence-corrected chi connectivity index (χ2v) is 18.4. The fourth-order valence-corrected chi connectivity index (χ4v) is 11.9. The van der Waals surface area contributed by atoms with Gasteiger partial charge in [-0.05, 0) is 116 Å². The third-order valence-corrected chi connectivity index (χ3v) is 15.2. The molecule has 0 unspecified atom stereocenters. The second kappa shape index (κ2) is 13.5. The van der Waals surface area contributed by atoms with Gasteiger partial charge in [0.15, 0.2) is 0 Å². The molecule has 13 heteroatoms. The molecular formula is C45H45BrN6O6. The summed E-state index contributed by atoms with van der Waals surface area (Å²) < 4.78 is 11.6. The molecule has 1 N–H and O–H groups in total. The molecule has 6 heterocycles. The predicted octanol–water partition coefficient (Wildman–Crippen LogP) is 6.67. The molecule has 4 fully saturated rings. The number of benzene rings is 3. The van der Waals surface area contributed by atoms with Crippen LogP contribution in [0.3, 0.4) is 0 Å². The molecule has 11 rings (SSSR count). The van der Waals surface area contributed by atoms with E-state index >= 15 is 0 Å². The van der Waals surface area contributed by atoms with Gasteiger partial charge in [-0.25, -0.2) is 0 Å². The van der Waals surface area contributed by atoms with Gasteiger partial charge in [0.2, 0.25) is 23.5 Å². The van der Waals surface area contributed by atoms with E-state index in [0.717, 1.165) is 95.0 Å². The first-order chi connectivity index (χ1) is 28.2. The van der Waals surface area contributed by atoms with Crippen LogP contribution in [0, 0.1) is 5.92 Å². The monoisotopic (exact) mass is 844 g/mol. The number of carbonyl (C=O) groups is 4. The summed E-state index contributed by atoms with van der Waals surface area (Å²) in [5.41, 5.74) is 6.42. The van der Waals surface area contributed by atoms with Gasteiger partial charge in [0, 0.05) is 58.0 Å². The molecular weight excluding hydrogens is 800 g/mol. The van der Waals surface area contributed by atoms with Crippen LogP contribution in [0.1, 0.15) is 116 Å². The average molecular weight is 846 g/mol. The Balaban J connectivity index is 0.782. The van der Waals surface area contributed by atoms with Gasteiger partial charge in [0.1, 0.15) is 11.8 Å². The van der Waals surface area contributed by atoms with E-state index in [-0.39, 0.29) is 41.0 Å². The van der Waals surface area contributed by atoms with Crippen molar-refractivity contribution in [3.8, 4) is 5.75 Å². The number of hydrogen-bond donors (Lipinski definition) is 1. The van der Waals surface area contributed by atoms with Gasteiger partial charge in [-0.2, -0.15) is 4.98 Å². The number of piperidine rings is 2. The first kappa shape index (κ1) is 36.1. The van der Waals surface area contributed by atoms with E-state index < -0.39 is 11.9 Å². The Morgan fingerprint density at radius 3 is 2.45 bits per heavy atom. The highest BCUT2D eigenvalue weighted by Gasteiger charge is 2.48. The molecule has 58 heavy (non-hydrogen) atoms. The lowest BCUT2D eigenvalue weighted by Gasteiger charge is -2.40. The summed E-state index contributed by atoms with van der Waals surface area (Å²) in [7, 11) is 0. The summed E-state index contributed by atoms with van der Waals surface area (Å²) in [6.07, 6.45) is 10.3. The molecule has 0 bridgehead atoms. The Morgan fingerprint density at radius 1 is 0.879 bits per heavy atom. The van der Waals surface area contributed by atoms with Crippen molar-refractivity contribution < 1.29 is 23.9 Å². The quantitative estimate of drug-likeness (QED) is 0.200. The maximum absolute atomic E-state index is 14.0. The number of aromatic nitrogens is 3. The summed E-state index contributed by atoms with van der Waals surface area (Å²) in [4.78, 5) is 73.5. The number of hydrogen-bond acceptors (Lipinski definition) is 7. The standard InChI is InChI=1S/C45H45BrN6O6/c46-32-6-3-7-34-38(32)41(55)48-44-51(28-4-1-2-5-28)36-22-27(12-15-33(36)52(34)44)25-8-10-26(11-9-25)42(56)49-20-18-45(19-21-49)24-58-39-30-23-50(35-16-17-37(53)47-40(35)54)43(57)29(30)13-14-31(39)45/h3,6-7,12-15,22,25-26,28,35H,1-2,4-5,8-11,16-21,23-24H2,(H,47,53,54)/t25?,26?,35-/m0/s1. The minimum Gasteiger partial charge on any atom is -0.492 e. The maximum Gasteiger partial charge on any atom is 0.283 e. The zero-order valence-electron chi connectivity index (χ0n) is 32.3. The van der Waals surface area contributed by atoms with E-state index in [1.54, 1.807) is 4.90 Å². The summed E-state index contributed by atoms with van der Waals surface area (Å²) in [5.74, 6) is 1.19. The van der Waals surface area contributed by atoms with Gasteiger partial charge in [-0.15, -0.1) is 0 Å². The van der Waals surface area contributed by atoms with Crippen LogP contribution >= 0.6 is 15.9 Å². The number of nitrogens with zero attached hydrogens (tertiary/aromatic N) is 5. The minimum absolute atomic E-state index is 0.0127. The first-order valence-corrected chi connectivity index (χ1v) is 21.9. The Hall–Kier alpha value is -5.04. The maximum atomic E-state index is 14.0. The van der Waals surface area contributed by atoms with Crippen molar-refractivity contribution in [2.24, 2.45) is 5.92 Å². The van der Waals surface area contributed by atoms with Crippen LogP contribution in [-0.2, 0) is 26.3 Å². The third kappa shape index (κ3) is 5.44. The Bertz CT molecular complexity index is 2660. The molecule has 5 aromatic rings. The van der Waals surface area contributed by atoms with Crippen LogP contribution < -0.4 is 15.6 Å². The van der Waals surface area contributed by atoms with Gasteiger partial charge >= 0.3 is 0 Å². The van der Waals surface area contributed by atoms with E-state index in [9.17, 15) is 24.0 Å². The predicted molar refractivity (Wildman–Crippen MR) is 220 cm³/mol. The normalized spacial score (nSPS) is 24.6. The molecule has 2 aromatic heterocycles. The molecule has 2 aliphatic carbocycles. The lowest BCUT2D eigenvalue weighted by atomic mass is 9.73. The van der Waals surface area contributed by atoms with Gasteiger partial charge in [0.25, 0.3) is 11.5 Å². The van der Waals surface area contributed by atoms with Crippen LogP contribution in [0.2, 0.25) is 0 Å². The fourth-order valence-electron chi connectivity index (χ4n) is 11.4. The SMILES string of the molecule is O=C1CC[C@H](N2Cc3c(ccc4c3OCC43CCN(C(=O)C4CCC(c5ccc6c(c5)n(C5CCCC5)c5nc(=O)c7c(Br)cccc7n65)CC4)CC3)C2=O)C(=O)N1. The van der Waals surface area contributed by atoms with Crippen molar-refractivity contribution >= 4 is 67.3 Å². The van der Waals surface area contributed by atoms with Crippen LogP contribution in [-0.4, -0.2) is 73.1 Å². The molecule has 298 valence electrons. The fraction of sp³-hybridized carbons (Fsp3) is 0.467. The van der Waals surface area contributed by atoms with Gasteiger partial charge in [0.05, 0.1) is 35.1 Å². The largest absolute Gasteiger partial charge is 0.492 e. The molecule has 12 nitrogen and oxygen atoms in total. The number of ether oxygens (including phenoxy) is 1. The molecule has 2 saturated carbocycles. The van der Waals surface area contributed by atoms with Crippen LogP contribution in [0.15, 0.2) is 57.8 Å². The van der Waals surface area contributed by atoms with Gasteiger partial charge < -0.3 is 19.1 Å². The lowest BCUT2D eigenvalue weighted by molar-refractivity contribution is -0.139. The van der Waals surface area contributed by atoms with Crippen molar-refractivity contribution in [1.82, 2.24) is 29.1 Å². The summed E-state index contributed by atoms with van der Waals surface area (Å²) in [5, 5.41) is 2.98. The van der Waals surface area contributed by atoms with Crippen LogP contribution in [0.25, 0.3) is 27.7 Å². The van der Waals surface area contributed by atoms with Crippen molar-refractivity contribution in [2.45, 2.75) is 107 Å². The first-order valence-electron chi connectivity index (χ1n) is 21.1. The summed E-state index contributed by atoms with van der Waals surface area (Å²) >= 11 is 3.60. The summed E-state index contributed by atoms with van der Waals surface area (Å²) in [6.45, 7) is 2.15. The molecule has 1 spiro atoms. The number of imide groups is 1. The molecule has 1 atom stereocenters. The Kier molecular flexibility index (Phi) is 8.40. The number of amides is 4. The summed E-state index contributed by atoms with van der Waals surface area (Å²) in [6, 6.07) is 16.2. The minimum atomic E-state index is -0.666. The number of imidazole rings is 1. The highest BCUT2D eigenvalue weighted by atomic mass is 79.9. The van der Waals surface area contributed by atoms with E-state index in [1.807, 2.05) is 30.3 Å². The average Bonchev–Trinajstić information content (AvgIpc) is 4.02. The zero-order valence-corrected chi connectivity index (χ0v) is 33.9. The van der Waals surface area contributed by atoms with Crippen LogP contribution in [0.4, 0.5) is 0 Å². The Labute approximate surface area is 343 Å². The number of nitrogens with one attached hydrogen (secondary N) is 1. The number of halogens is 1. The third-order valence-electron chi connectivity index (χ3n) is 14.6. The highest BCUT2D eigenvalue weighted by molar-refractivity contribution is 9.10. The highest BCUT2D eigenvalue weighted by Crippen LogP contribution is 2.50. The molecule has 4 amide bonds. The topological polar surface area (TPSA) is 135 Å². The molecule has 6 aliphatic rings. The van der Waals surface area contributed by atoms with Crippen molar-refractivity contribution in [1.29, 1.82) is 0 Å². The van der Waals surface area contributed by atoms with Gasteiger partial charge in [-0.1, -0.05) is 31.0 Å². The second-order valence-electron chi connectivity index (χ2n) is 17.6. The smallest absolute Gasteiger partial charge is 0.283 e. The number of fused-ring (bicyclic) bond motifs is 9.